The first-order valence-electron chi connectivity index (χ1n) is 8.76. The van der Waals surface area contributed by atoms with Gasteiger partial charge in [-0.1, -0.05) is 48.5 Å². The Morgan fingerprint density at radius 2 is 1.59 bits per heavy atom. The first kappa shape index (κ1) is 20.7. The fourth-order valence-corrected chi connectivity index (χ4v) is 4.76. The molecular formula is C20H19N3O4S2. The maximum absolute atomic E-state index is 12.4. The molecule has 2 aromatic carbocycles. The van der Waals surface area contributed by atoms with E-state index in [1.54, 1.807) is 25.1 Å². The molecule has 0 saturated carbocycles. The number of carbonyl (C=O) groups excluding carboxylic acids is 2. The smallest absolute Gasteiger partial charge is 0.273 e. The molecule has 150 valence electrons. The molecular weight excluding hydrogens is 410 g/mol. The summed E-state index contributed by atoms with van der Waals surface area (Å²) in [7, 11) is -3.56. The van der Waals surface area contributed by atoms with Crippen LogP contribution in [0.3, 0.4) is 0 Å². The number of hydrazine groups is 1. The molecule has 0 unspecified atom stereocenters. The van der Waals surface area contributed by atoms with Crippen LogP contribution in [-0.2, 0) is 14.6 Å². The van der Waals surface area contributed by atoms with Crippen LogP contribution in [-0.4, -0.2) is 31.0 Å². The van der Waals surface area contributed by atoms with Crippen molar-refractivity contribution in [1.82, 2.24) is 15.8 Å². The van der Waals surface area contributed by atoms with Crippen molar-refractivity contribution in [3.05, 3.63) is 71.2 Å². The molecule has 29 heavy (non-hydrogen) atoms. The van der Waals surface area contributed by atoms with Gasteiger partial charge in [-0.15, -0.1) is 11.3 Å². The number of aryl methyl sites for hydroxylation is 1. The van der Waals surface area contributed by atoms with Gasteiger partial charge >= 0.3 is 0 Å². The Labute approximate surface area is 172 Å². The Bertz CT molecular complexity index is 1110. The second-order valence-electron chi connectivity index (χ2n) is 6.18. The van der Waals surface area contributed by atoms with E-state index in [0.717, 1.165) is 5.56 Å². The summed E-state index contributed by atoms with van der Waals surface area (Å²) in [4.78, 5) is 29.3. The lowest BCUT2D eigenvalue weighted by Gasteiger charge is -2.07. The monoisotopic (exact) mass is 429 g/mol. The molecule has 1 aromatic heterocycles. The van der Waals surface area contributed by atoms with Crippen LogP contribution in [0.25, 0.3) is 10.6 Å². The third-order valence-electron chi connectivity index (χ3n) is 4.04. The van der Waals surface area contributed by atoms with Gasteiger partial charge < -0.3 is 0 Å². The molecule has 1 heterocycles. The molecule has 2 amide bonds. The second-order valence-corrected chi connectivity index (χ2v) is 9.29. The lowest BCUT2D eigenvalue weighted by atomic mass is 10.2. The van der Waals surface area contributed by atoms with Crippen LogP contribution in [0, 0.1) is 6.92 Å². The third kappa shape index (κ3) is 5.27. The number of rotatable bonds is 6. The summed E-state index contributed by atoms with van der Waals surface area (Å²) in [5.74, 6) is -1.44. The number of thiazole rings is 1. The number of nitrogens with one attached hydrogen (secondary N) is 2. The molecule has 0 aliphatic carbocycles. The molecule has 0 saturated heterocycles. The van der Waals surface area contributed by atoms with Gasteiger partial charge in [0.15, 0.2) is 9.84 Å². The largest absolute Gasteiger partial charge is 0.281 e. The minimum Gasteiger partial charge on any atom is -0.273 e. The second kappa shape index (κ2) is 8.97. The average molecular weight is 430 g/mol. The molecule has 0 radical (unpaired) electrons. The van der Waals surface area contributed by atoms with E-state index in [9.17, 15) is 18.0 Å². The molecule has 0 spiro atoms. The Balaban J connectivity index is 1.56. The van der Waals surface area contributed by atoms with Crippen molar-refractivity contribution in [2.45, 2.75) is 18.2 Å². The standard InChI is InChI=1S/C20H19N3O4S2/c1-14-18(28-20(21-14)15-8-4-2-5-9-15)19(25)23-22-17(24)12-13-29(26,27)16-10-6-3-7-11-16/h2-11H,12-13H2,1H3,(H,22,24)(H,23,25). The normalized spacial score (nSPS) is 11.1. The number of amides is 2. The van der Waals surface area contributed by atoms with Crippen molar-refractivity contribution in [2.75, 3.05) is 5.75 Å². The van der Waals surface area contributed by atoms with Gasteiger partial charge in [0.1, 0.15) is 9.88 Å². The molecule has 9 heteroatoms. The zero-order chi connectivity index (χ0) is 20.9. The van der Waals surface area contributed by atoms with E-state index in [4.69, 9.17) is 0 Å². The first-order chi connectivity index (χ1) is 13.9. The maximum Gasteiger partial charge on any atom is 0.281 e. The van der Waals surface area contributed by atoms with E-state index in [2.05, 4.69) is 15.8 Å². The minimum absolute atomic E-state index is 0.158. The van der Waals surface area contributed by atoms with E-state index in [0.29, 0.717) is 15.6 Å². The fourth-order valence-electron chi connectivity index (χ4n) is 2.53. The number of hydrogen-bond acceptors (Lipinski definition) is 6. The summed E-state index contributed by atoms with van der Waals surface area (Å²) in [6.07, 6.45) is -0.269. The van der Waals surface area contributed by atoms with Crippen molar-refractivity contribution in [1.29, 1.82) is 0 Å². The SMILES string of the molecule is Cc1nc(-c2ccccc2)sc1C(=O)NNC(=O)CCS(=O)(=O)c1ccccc1. The third-order valence-corrected chi connectivity index (χ3v) is 6.98. The molecule has 0 fully saturated rings. The summed E-state index contributed by atoms with van der Waals surface area (Å²) in [5.41, 5.74) is 6.02. The van der Waals surface area contributed by atoms with Gasteiger partial charge in [0.05, 0.1) is 16.3 Å². The predicted molar refractivity (Wildman–Crippen MR) is 111 cm³/mol. The molecule has 0 bridgehead atoms. The van der Waals surface area contributed by atoms with Gasteiger partial charge in [-0.2, -0.15) is 0 Å². The molecule has 0 atom stereocenters. The average Bonchev–Trinajstić information content (AvgIpc) is 3.13. The quantitative estimate of drug-likeness (QED) is 0.586. The summed E-state index contributed by atoms with van der Waals surface area (Å²) in [6, 6.07) is 17.4. The molecule has 3 rings (SSSR count). The summed E-state index contributed by atoms with van der Waals surface area (Å²) in [6.45, 7) is 1.71. The number of aromatic nitrogens is 1. The highest BCUT2D eigenvalue weighted by molar-refractivity contribution is 7.91. The van der Waals surface area contributed by atoms with Crippen LogP contribution in [0.1, 0.15) is 21.8 Å². The van der Waals surface area contributed by atoms with E-state index in [-0.39, 0.29) is 17.1 Å². The van der Waals surface area contributed by atoms with Crippen molar-refractivity contribution in [3.63, 3.8) is 0 Å². The van der Waals surface area contributed by atoms with E-state index >= 15 is 0 Å². The summed E-state index contributed by atoms with van der Waals surface area (Å²) in [5, 5.41) is 0.702. The number of sulfone groups is 1. The molecule has 7 nitrogen and oxygen atoms in total. The van der Waals surface area contributed by atoms with Crippen molar-refractivity contribution in [3.8, 4) is 10.6 Å². The van der Waals surface area contributed by atoms with Crippen molar-refractivity contribution < 1.29 is 18.0 Å². The maximum atomic E-state index is 12.4. The lowest BCUT2D eigenvalue weighted by Crippen LogP contribution is -2.42. The summed E-state index contributed by atoms with van der Waals surface area (Å²) >= 11 is 1.22. The molecule has 3 aromatic rings. The van der Waals surface area contributed by atoms with Gasteiger partial charge in [0.25, 0.3) is 5.91 Å². The lowest BCUT2D eigenvalue weighted by molar-refractivity contribution is -0.121. The zero-order valence-electron chi connectivity index (χ0n) is 15.6. The minimum atomic E-state index is -3.56. The Morgan fingerprint density at radius 3 is 2.24 bits per heavy atom. The summed E-state index contributed by atoms with van der Waals surface area (Å²) < 4.78 is 24.4. The van der Waals surface area contributed by atoms with Crippen LogP contribution < -0.4 is 10.9 Å². The van der Waals surface area contributed by atoms with Crippen LogP contribution in [0.15, 0.2) is 65.6 Å². The van der Waals surface area contributed by atoms with Gasteiger partial charge in [-0.3, -0.25) is 20.4 Å². The topological polar surface area (TPSA) is 105 Å². The first-order valence-corrected chi connectivity index (χ1v) is 11.2. The van der Waals surface area contributed by atoms with Gasteiger partial charge in [0, 0.05) is 12.0 Å². The van der Waals surface area contributed by atoms with Gasteiger partial charge in [0.2, 0.25) is 5.91 Å². The van der Waals surface area contributed by atoms with Crippen LogP contribution in [0.5, 0.6) is 0 Å². The van der Waals surface area contributed by atoms with Crippen molar-refractivity contribution >= 4 is 33.0 Å². The Kier molecular flexibility index (Phi) is 6.40. The highest BCUT2D eigenvalue weighted by Crippen LogP contribution is 2.27. The van der Waals surface area contributed by atoms with E-state index < -0.39 is 21.7 Å². The number of carbonyl (C=O) groups is 2. The van der Waals surface area contributed by atoms with Crippen LogP contribution >= 0.6 is 11.3 Å². The predicted octanol–water partition coefficient (Wildman–Crippen LogP) is 2.74. The van der Waals surface area contributed by atoms with Crippen LogP contribution in [0.4, 0.5) is 0 Å². The van der Waals surface area contributed by atoms with Crippen molar-refractivity contribution in [2.24, 2.45) is 0 Å². The molecule has 0 aliphatic heterocycles. The molecule has 2 N–H and O–H groups in total. The number of nitrogens with zero attached hydrogens (tertiary/aromatic N) is 1. The zero-order valence-corrected chi connectivity index (χ0v) is 17.2. The molecule has 0 aliphatic rings. The fraction of sp³-hybridized carbons (Fsp3) is 0.150. The van der Waals surface area contributed by atoms with Crippen LogP contribution in [0.2, 0.25) is 0 Å². The van der Waals surface area contributed by atoms with E-state index in [1.807, 2.05) is 30.3 Å². The van der Waals surface area contributed by atoms with Gasteiger partial charge in [-0.25, -0.2) is 13.4 Å². The Morgan fingerprint density at radius 1 is 0.966 bits per heavy atom. The highest BCUT2D eigenvalue weighted by Gasteiger charge is 2.19. The Hall–Kier alpha value is -3.04. The van der Waals surface area contributed by atoms with E-state index in [1.165, 1.54) is 23.5 Å². The number of benzene rings is 2. The number of hydrogen-bond donors (Lipinski definition) is 2. The van der Waals surface area contributed by atoms with Gasteiger partial charge in [-0.05, 0) is 19.1 Å². The highest BCUT2D eigenvalue weighted by atomic mass is 32.2.